The number of aromatic nitrogens is 2. The molecule has 0 amide bonds. The molecule has 0 aliphatic carbocycles. The number of nitrogens with zero attached hydrogens (tertiary/aromatic N) is 2. The summed E-state index contributed by atoms with van der Waals surface area (Å²) < 4.78 is 70.8. The lowest BCUT2D eigenvalue weighted by atomic mass is 10.1. The molecule has 36 heavy (non-hydrogen) atoms. The highest BCUT2D eigenvalue weighted by molar-refractivity contribution is 7.18. The van der Waals surface area contributed by atoms with Crippen molar-refractivity contribution in [3.63, 3.8) is 0 Å². The smallest absolute Gasteiger partial charge is 0.419 e. The van der Waals surface area contributed by atoms with Gasteiger partial charge in [0, 0.05) is 24.1 Å². The fraction of sp³-hybridized carbons (Fsp3) is 0.348. The predicted molar refractivity (Wildman–Crippen MR) is 127 cm³/mol. The number of alkyl halides is 3. The van der Waals surface area contributed by atoms with Crippen LogP contribution in [0.4, 0.5) is 17.6 Å². The zero-order valence-electron chi connectivity index (χ0n) is 19.4. The van der Waals surface area contributed by atoms with E-state index in [9.17, 15) is 22.4 Å². The van der Waals surface area contributed by atoms with Gasteiger partial charge in [-0.05, 0) is 38.1 Å². The molecule has 0 unspecified atom stereocenters. The standard InChI is InChI=1S/C23H22ClF4N3O4S/c1-11(2)35-19-5-4-13(6-16(19)23(26,27)28)21-30-31-22(36-21)15-7-18(25)20(8-17(15)24)34-10-14(29)9-33-12(3)32/h4-8,11,14H,9-10,29H2,1-3H3/t14-/m1/s1. The largest absolute Gasteiger partial charge is 0.490 e. The number of ether oxygens (including phenoxy) is 3. The third kappa shape index (κ3) is 7.05. The molecule has 1 atom stereocenters. The van der Waals surface area contributed by atoms with Crippen LogP contribution in [0.2, 0.25) is 5.02 Å². The summed E-state index contributed by atoms with van der Waals surface area (Å²) in [6.07, 6.45) is -5.09. The molecule has 7 nitrogen and oxygen atoms in total. The summed E-state index contributed by atoms with van der Waals surface area (Å²) in [7, 11) is 0. The van der Waals surface area contributed by atoms with Crippen molar-refractivity contribution in [3.8, 4) is 32.6 Å². The minimum Gasteiger partial charge on any atom is -0.490 e. The first-order valence-electron chi connectivity index (χ1n) is 10.6. The Labute approximate surface area is 213 Å². The number of hydrogen-bond acceptors (Lipinski definition) is 8. The van der Waals surface area contributed by atoms with Crippen molar-refractivity contribution in [1.82, 2.24) is 10.2 Å². The summed E-state index contributed by atoms with van der Waals surface area (Å²) >= 11 is 7.23. The molecule has 3 aromatic rings. The number of benzene rings is 2. The maximum atomic E-state index is 14.7. The molecule has 3 rings (SSSR count). The zero-order valence-corrected chi connectivity index (χ0v) is 20.9. The lowest BCUT2D eigenvalue weighted by Gasteiger charge is -2.16. The molecule has 0 aliphatic heterocycles. The minimum atomic E-state index is -4.64. The molecule has 13 heteroatoms. The number of hydrogen-bond donors (Lipinski definition) is 1. The Balaban J connectivity index is 1.83. The van der Waals surface area contributed by atoms with Gasteiger partial charge in [0.05, 0.1) is 22.7 Å². The highest BCUT2D eigenvalue weighted by atomic mass is 35.5. The van der Waals surface area contributed by atoms with Crippen molar-refractivity contribution >= 4 is 28.9 Å². The van der Waals surface area contributed by atoms with E-state index in [0.29, 0.717) is 0 Å². The first-order valence-corrected chi connectivity index (χ1v) is 11.8. The molecular formula is C23H22ClF4N3O4S. The Morgan fingerprint density at radius 3 is 2.44 bits per heavy atom. The van der Waals surface area contributed by atoms with E-state index in [0.717, 1.165) is 23.5 Å². The topological polar surface area (TPSA) is 96.6 Å². The summed E-state index contributed by atoms with van der Waals surface area (Å²) in [6, 6.07) is 5.22. The quantitative estimate of drug-likeness (QED) is 0.269. The van der Waals surface area contributed by atoms with E-state index in [1.165, 1.54) is 25.1 Å². The highest BCUT2D eigenvalue weighted by Gasteiger charge is 2.35. The van der Waals surface area contributed by atoms with Crippen LogP contribution in [0.15, 0.2) is 30.3 Å². The number of rotatable bonds is 9. The number of carbonyl (C=O) groups excluding carboxylic acids is 1. The number of halogens is 5. The van der Waals surface area contributed by atoms with Gasteiger partial charge in [0.15, 0.2) is 11.6 Å². The summed E-state index contributed by atoms with van der Waals surface area (Å²) in [5.74, 6) is -1.74. The third-order valence-corrected chi connectivity index (χ3v) is 5.84. The maximum Gasteiger partial charge on any atom is 0.419 e. The van der Waals surface area contributed by atoms with Gasteiger partial charge in [0.25, 0.3) is 0 Å². The van der Waals surface area contributed by atoms with E-state index in [1.54, 1.807) is 13.8 Å². The van der Waals surface area contributed by atoms with E-state index < -0.39 is 35.7 Å². The number of carbonyl (C=O) groups is 1. The van der Waals surface area contributed by atoms with Crippen molar-refractivity contribution in [2.75, 3.05) is 13.2 Å². The van der Waals surface area contributed by atoms with Crippen LogP contribution in [-0.4, -0.2) is 41.5 Å². The van der Waals surface area contributed by atoms with E-state index >= 15 is 0 Å². The SMILES string of the molecule is CC(=O)OC[C@@H](N)COc1cc(Cl)c(-c2nnc(-c3ccc(OC(C)C)c(C(F)(F)F)c3)s2)cc1F. The second-order valence-electron chi connectivity index (χ2n) is 7.92. The number of nitrogens with two attached hydrogens (primary N) is 1. The fourth-order valence-corrected chi connectivity index (χ4v) is 4.13. The molecule has 194 valence electrons. The Morgan fingerprint density at radius 2 is 1.81 bits per heavy atom. The van der Waals surface area contributed by atoms with Crippen molar-refractivity contribution in [3.05, 3.63) is 46.7 Å². The normalized spacial score (nSPS) is 12.5. The van der Waals surface area contributed by atoms with E-state index in [4.69, 9.17) is 31.5 Å². The molecule has 0 bridgehead atoms. The van der Waals surface area contributed by atoms with Crippen LogP contribution in [-0.2, 0) is 15.7 Å². The molecule has 0 aliphatic rings. The van der Waals surface area contributed by atoms with Gasteiger partial charge in [-0.3, -0.25) is 4.79 Å². The number of esters is 1. The zero-order chi connectivity index (χ0) is 26.6. The van der Waals surface area contributed by atoms with Crippen LogP contribution in [0.1, 0.15) is 26.3 Å². The Morgan fingerprint density at radius 1 is 1.11 bits per heavy atom. The maximum absolute atomic E-state index is 14.7. The van der Waals surface area contributed by atoms with Crippen molar-refractivity contribution in [1.29, 1.82) is 0 Å². The fourth-order valence-electron chi connectivity index (χ4n) is 2.96. The van der Waals surface area contributed by atoms with Crippen LogP contribution in [0, 0.1) is 5.82 Å². The second kappa shape index (κ2) is 11.4. The van der Waals surface area contributed by atoms with Gasteiger partial charge in [-0.15, -0.1) is 10.2 Å². The first-order chi connectivity index (χ1) is 16.8. The van der Waals surface area contributed by atoms with Gasteiger partial charge in [-0.2, -0.15) is 13.2 Å². The van der Waals surface area contributed by atoms with E-state index in [1.807, 2.05) is 0 Å². The summed E-state index contributed by atoms with van der Waals surface area (Å²) in [5.41, 5.74) is 5.17. The molecule has 0 saturated carbocycles. The van der Waals surface area contributed by atoms with Gasteiger partial charge in [-0.25, -0.2) is 4.39 Å². The lowest BCUT2D eigenvalue weighted by Crippen LogP contribution is -2.33. The Kier molecular flexibility index (Phi) is 8.75. The minimum absolute atomic E-state index is 0.0827. The second-order valence-corrected chi connectivity index (χ2v) is 9.31. The van der Waals surface area contributed by atoms with Crippen LogP contribution in [0.25, 0.3) is 21.1 Å². The molecule has 1 aromatic heterocycles. The van der Waals surface area contributed by atoms with Crippen molar-refractivity contribution in [2.24, 2.45) is 5.73 Å². The van der Waals surface area contributed by atoms with E-state index in [2.05, 4.69) is 10.2 Å². The van der Waals surface area contributed by atoms with Crippen molar-refractivity contribution < 1.29 is 36.6 Å². The Hall–Kier alpha value is -2.96. The monoisotopic (exact) mass is 547 g/mol. The van der Waals surface area contributed by atoms with E-state index in [-0.39, 0.29) is 50.9 Å². The van der Waals surface area contributed by atoms with Crippen LogP contribution in [0.3, 0.4) is 0 Å². The third-order valence-electron chi connectivity index (χ3n) is 4.53. The average molecular weight is 548 g/mol. The average Bonchev–Trinajstić information content (AvgIpc) is 3.27. The van der Waals surface area contributed by atoms with Gasteiger partial charge in [0.2, 0.25) is 0 Å². The summed E-state index contributed by atoms with van der Waals surface area (Å²) in [6.45, 7) is 4.25. The Bertz CT molecular complexity index is 1240. The van der Waals surface area contributed by atoms with Crippen LogP contribution < -0.4 is 15.2 Å². The van der Waals surface area contributed by atoms with Gasteiger partial charge in [0.1, 0.15) is 29.0 Å². The predicted octanol–water partition coefficient (Wildman–Crippen LogP) is 5.74. The molecule has 0 radical (unpaired) electrons. The highest BCUT2D eigenvalue weighted by Crippen LogP contribution is 2.41. The molecule has 2 N–H and O–H groups in total. The lowest BCUT2D eigenvalue weighted by molar-refractivity contribution is -0.141. The molecule has 2 aromatic carbocycles. The molecule has 0 fully saturated rings. The molecular weight excluding hydrogens is 526 g/mol. The summed E-state index contributed by atoms with van der Waals surface area (Å²) in [4.78, 5) is 10.8. The van der Waals surface area contributed by atoms with Gasteiger partial charge < -0.3 is 19.9 Å². The van der Waals surface area contributed by atoms with Crippen molar-refractivity contribution in [2.45, 2.75) is 39.1 Å². The molecule has 0 saturated heterocycles. The first kappa shape index (κ1) is 27.6. The molecule has 1 heterocycles. The molecule has 0 spiro atoms. The van der Waals surface area contributed by atoms with Gasteiger partial charge in [-0.1, -0.05) is 22.9 Å². The summed E-state index contributed by atoms with van der Waals surface area (Å²) in [5, 5.41) is 8.38. The van der Waals surface area contributed by atoms with Gasteiger partial charge >= 0.3 is 12.1 Å². The van der Waals surface area contributed by atoms with Crippen LogP contribution >= 0.6 is 22.9 Å². The van der Waals surface area contributed by atoms with Crippen LogP contribution in [0.5, 0.6) is 11.5 Å².